The van der Waals surface area contributed by atoms with Crippen LogP contribution in [0.4, 0.5) is 0 Å². The highest BCUT2D eigenvalue weighted by Gasteiger charge is 2.61. The van der Waals surface area contributed by atoms with Crippen LogP contribution in [-0.4, -0.2) is 78.7 Å². The summed E-state index contributed by atoms with van der Waals surface area (Å²) in [4.78, 5) is 25.8. The van der Waals surface area contributed by atoms with Gasteiger partial charge >= 0.3 is 5.97 Å². The van der Waals surface area contributed by atoms with Crippen LogP contribution in [0.2, 0.25) is 0 Å². The van der Waals surface area contributed by atoms with Crippen LogP contribution in [0.1, 0.15) is 19.8 Å². The lowest BCUT2D eigenvalue weighted by molar-refractivity contribution is -0.149. The minimum absolute atomic E-state index is 0.0279. The van der Waals surface area contributed by atoms with Gasteiger partial charge in [0.2, 0.25) is 5.91 Å². The van der Waals surface area contributed by atoms with Gasteiger partial charge in [-0.25, -0.2) is 0 Å². The molecule has 1 saturated carbocycles. The smallest absolute Gasteiger partial charge is 0.313 e. The average molecular weight is 345 g/mol. The van der Waals surface area contributed by atoms with Crippen LogP contribution >= 0.6 is 0 Å². The highest BCUT2D eigenvalue weighted by atomic mass is 32.2. The standard InChI is InChI=1S/C14H23N3O5S/c1-3-15(2)23(21,22)17-7-11-6-16(12(18)10-4-5-10)8-14(11,9-17)13(19)20/h10-11H,3-9H2,1-2H3,(H,19,20)/t11-,14-/m1/s1. The third-order valence-corrected chi connectivity index (χ3v) is 7.38. The van der Waals surface area contributed by atoms with Gasteiger partial charge in [0.05, 0.1) is 0 Å². The number of hydrogen-bond donors (Lipinski definition) is 1. The van der Waals surface area contributed by atoms with Gasteiger partial charge < -0.3 is 10.0 Å². The van der Waals surface area contributed by atoms with Gasteiger partial charge in [-0.2, -0.15) is 17.0 Å². The van der Waals surface area contributed by atoms with E-state index in [-0.39, 0.29) is 37.4 Å². The lowest BCUT2D eigenvalue weighted by Gasteiger charge is -2.27. The molecule has 130 valence electrons. The maximum atomic E-state index is 12.5. The molecular formula is C14H23N3O5S. The molecule has 23 heavy (non-hydrogen) atoms. The zero-order chi connectivity index (χ0) is 17.0. The van der Waals surface area contributed by atoms with Gasteiger partial charge in [-0.15, -0.1) is 0 Å². The molecule has 0 aromatic rings. The van der Waals surface area contributed by atoms with Crippen LogP contribution < -0.4 is 0 Å². The Labute approximate surface area is 136 Å². The van der Waals surface area contributed by atoms with Crippen LogP contribution in [0.5, 0.6) is 0 Å². The maximum absolute atomic E-state index is 12.5. The van der Waals surface area contributed by atoms with E-state index < -0.39 is 21.6 Å². The third kappa shape index (κ3) is 2.54. The summed E-state index contributed by atoms with van der Waals surface area (Å²) in [6, 6.07) is 0. The van der Waals surface area contributed by atoms with Gasteiger partial charge in [-0.05, 0) is 12.8 Å². The zero-order valence-electron chi connectivity index (χ0n) is 13.4. The Morgan fingerprint density at radius 3 is 2.39 bits per heavy atom. The molecule has 0 spiro atoms. The summed E-state index contributed by atoms with van der Waals surface area (Å²) >= 11 is 0. The molecule has 0 radical (unpaired) electrons. The van der Waals surface area contributed by atoms with E-state index in [9.17, 15) is 23.1 Å². The minimum Gasteiger partial charge on any atom is -0.481 e. The highest BCUT2D eigenvalue weighted by molar-refractivity contribution is 7.86. The first-order chi connectivity index (χ1) is 10.7. The summed E-state index contributed by atoms with van der Waals surface area (Å²) in [7, 11) is -2.16. The summed E-state index contributed by atoms with van der Waals surface area (Å²) in [6.07, 6.45) is 1.75. The van der Waals surface area contributed by atoms with Gasteiger partial charge in [0.25, 0.3) is 10.2 Å². The van der Waals surface area contributed by atoms with Crippen molar-refractivity contribution in [3.05, 3.63) is 0 Å². The summed E-state index contributed by atoms with van der Waals surface area (Å²) in [5.41, 5.74) is -1.17. The fraction of sp³-hybridized carbons (Fsp3) is 0.857. The molecule has 2 saturated heterocycles. The Balaban J connectivity index is 1.81. The zero-order valence-corrected chi connectivity index (χ0v) is 14.3. The topological polar surface area (TPSA) is 98.2 Å². The molecule has 3 aliphatic rings. The molecule has 1 N–H and O–H groups in total. The van der Waals surface area contributed by atoms with Crippen LogP contribution in [0.3, 0.4) is 0 Å². The molecule has 0 unspecified atom stereocenters. The number of aliphatic carboxylic acids is 1. The van der Waals surface area contributed by atoms with Gasteiger partial charge in [-0.3, -0.25) is 9.59 Å². The Kier molecular flexibility index (Phi) is 3.93. The van der Waals surface area contributed by atoms with Crippen molar-refractivity contribution in [3.63, 3.8) is 0 Å². The number of carboxylic acids is 1. The minimum atomic E-state index is -3.64. The van der Waals surface area contributed by atoms with E-state index in [4.69, 9.17) is 0 Å². The lowest BCUT2D eigenvalue weighted by atomic mass is 9.81. The molecule has 0 aromatic carbocycles. The second-order valence-corrected chi connectivity index (χ2v) is 8.90. The molecule has 1 aliphatic carbocycles. The van der Waals surface area contributed by atoms with E-state index in [2.05, 4.69) is 0 Å². The third-order valence-electron chi connectivity index (χ3n) is 5.41. The predicted molar refractivity (Wildman–Crippen MR) is 81.7 cm³/mol. The van der Waals surface area contributed by atoms with Gasteiger partial charge in [0.1, 0.15) is 5.41 Å². The molecule has 0 aromatic heterocycles. The van der Waals surface area contributed by atoms with Crippen LogP contribution in [-0.2, 0) is 19.8 Å². The Hall–Kier alpha value is -1.19. The number of hydrogen-bond acceptors (Lipinski definition) is 4. The van der Waals surface area contributed by atoms with E-state index in [1.165, 1.54) is 15.7 Å². The van der Waals surface area contributed by atoms with Crippen molar-refractivity contribution in [1.82, 2.24) is 13.5 Å². The summed E-state index contributed by atoms with van der Waals surface area (Å²) in [5.74, 6) is -1.28. The normalized spacial score (nSPS) is 31.6. The Morgan fingerprint density at radius 1 is 1.26 bits per heavy atom. The van der Waals surface area contributed by atoms with Crippen LogP contribution in [0, 0.1) is 17.3 Å². The van der Waals surface area contributed by atoms with Crippen LogP contribution in [0.25, 0.3) is 0 Å². The Bertz CT molecular complexity index is 632. The largest absolute Gasteiger partial charge is 0.481 e. The first-order valence-corrected chi connectivity index (χ1v) is 9.35. The second-order valence-electron chi connectivity index (χ2n) is 6.87. The Morgan fingerprint density at radius 2 is 1.91 bits per heavy atom. The predicted octanol–water partition coefficient (Wildman–Crippen LogP) is -0.562. The van der Waals surface area contributed by atoms with E-state index in [1.807, 2.05) is 0 Å². The first-order valence-electron chi connectivity index (χ1n) is 7.96. The lowest BCUT2D eigenvalue weighted by Crippen LogP contribution is -2.46. The molecule has 3 fully saturated rings. The number of likely N-dealkylation sites (tertiary alicyclic amines) is 1. The van der Waals surface area contributed by atoms with Crippen molar-refractivity contribution in [1.29, 1.82) is 0 Å². The number of carbonyl (C=O) groups is 2. The number of amides is 1. The molecule has 1 amide bonds. The summed E-state index contributed by atoms with van der Waals surface area (Å²) in [6.45, 7) is 2.61. The highest BCUT2D eigenvalue weighted by Crippen LogP contribution is 2.45. The molecule has 0 bridgehead atoms. The van der Waals surface area contributed by atoms with E-state index in [0.29, 0.717) is 13.1 Å². The average Bonchev–Trinajstić information content (AvgIpc) is 3.17. The van der Waals surface area contributed by atoms with E-state index in [0.717, 1.165) is 12.8 Å². The van der Waals surface area contributed by atoms with E-state index in [1.54, 1.807) is 11.8 Å². The van der Waals surface area contributed by atoms with Gasteiger partial charge in [0.15, 0.2) is 0 Å². The van der Waals surface area contributed by atoms with E-state index >= 15 is 0 Å². The number of rotatable bonds is 5. The fourth-order valence-electron chi connectivity index (χ4n) is 3.61. The number of nitrogens with zero attached hydrogens (tertiary/aromatic N) is 3. The first kappa shape index (κ1) is 16.7. The van der Waals surface area contributed by atoms with Crippen LogP contribution in [0.15, 0.2) is 0 Å². The number of carboxylic acid groups (broad SMARTS) is 1. The molecular weight excluding hydrogens is 322 g/mol. The molecule has 2 heterocycles. The molecule has 9 heteroatoms. The van der Waals surface area contributed by atoms with Crippen molar-refractivity contribution in [2.24, 2.45) is 17.3 Å². The second kappa shape index (κ2) is 5.42. The number of fused-ring (bicyclic) bond motifs is 1. The van der Waals surface area contributed by atoms with Crippen molar-refractivity contribution in [3.8, 4) is 0 Å². The molecule has 8 nitrogen and oxygen atoms in total. The van der Waals surface area contributed by atoms with Crippen molar-refractivity contribution < 1.29 is 23.1 Å². The maximum Gasteiger partial charge on any atom is 0.313 e. The molecule has 2 atom stereocenters. The quantitative estimate of drug-likeness (QED) is 0.720. The SMILES string of the molecule is CCN(C)S(=O)(=O)N1C[C@H]2CN(C(=O)C3CC3)C[C@@]2(C(=O)O)C1. The monoisotopic (exact) mass is 345 g/mol. The number of carbonyl (C=O) groups excluding carboxylic acids is 1. The van der Waals surface area contributed by atoms with Crippen molar-refractivity contribution in [2.75, 3.05) is 39.8 Å². The summed E-state index contributed by atoms with van der Waals surface area (Å²) < 4.78 is 27.4. The molecule has 3 rings (SSSR count). The van der Waals surface area contributed by atoms with Crippen molar-refractivity contribution in [2.45, 2.75) is 19.8 Å². The summed E-state index contributed by atoms with van der Waals surface area (Å²) in [5, 5.41) is 9.73. The van der Waals surface area contributed by atoms with Crippen molar-refractivity contribution >= 4 is 22.1 Å². The fourth-order valence-corrected chi connectivity index (χ4v) is 5.10. The van der Waals surface area contributed by atoms with Gasteiger partial charge in [0, 0.05) is 51.6 Å². The van der Waals surface area contributed by atoms with Gasteiger partial charge in [-0.1, -0.05) is 6.92 Å². The molecule has 2 aliphatic heterocycles.